The highest BCUT2D eigenvalue weighted by Crippen LogP contribution is 2.31. The molecular weight excluding hydrogens is 218 g/mol. The Hall–Kier alpha value is -0.810. The molecule has 2 atom stereocenters. The van der Waals surface area contributed by atoms with Gasteiger partial charge in [0.1, 0.15) is 11.9 Å². The molecule has 0 aliphatic rings. The topological polar surface area (TPSA) is 86.7 Å². The Morgan fingerprint density at radius 1 is 1.40 bits per heavy atom. The fourth-order valence-electron chi connectivity index (χ4n) is 1.28. The van der Waals surface area contributed by atoms with E-state index in [2.05, 4.69) is 0 Å². The van der Waals surface area contributed by atoms with Gasteiger partial charge in [0.15, 0.2) is 0 Å². The predicted octanol–water partition coefficient (Wildman–Crippen LogP) is 0.707. The molecule has 0 spiro atoms. The van der Waals surface area contributed by atoms with Crippen molar-refractivity contribution in [2.24, 2.45) is 5.73 Å². The second kappa shape index (κ2) is 4.81. The molecule has 0 bridgehead atoms. The fourth-order valence-corrected chi connectivity index (χ4v) is 1.56. The quantitative estimate of drug-likeness (QED) is 0.617. The highest BCUT2D eigenvalue weighted by molar-refractivity contribution is 6.32. The molecule has 0 heterocycles. The molecule has 0 aromatic heterocycles. The van der Waals surface area contributed by atoms with Crippen LogP contribution < -0.4 is 5.73 Å². The van der Waals surface area contributed by atoms with E-state index in [1.807, 2.05) is 0 Å². The Morgan fingerprint density at radius 2 is 2.00 bits per heavy atom. The van der Waals surface area contributed by atoms with Crippen molar-refractivity contribution in [3.8, 4) is 5.75 Å². The zero-order valence-electron chi connectivity index (χ0n) is 8.31. The fraction of sp³-hybridized carbons (Fsp3) is 0.400. The van der Waals surface area contributed by atoms with Gasteiger partial charge in [0.05, 0.1) is 11.1 Å². The Labute approximate surface area is 92.9 Å². The first-order chi connectivity index (χ1) is 6.97. The van der Waals surface area contributed by atoms with Crippen LogP contribution >= 0.6 is 11.6 Å². The van der Waals surface area contributed by atoms with Gasteiger partial charge in [-0.1, -0.05) is 11.6 Å². The number of halogens is 1. The van der Waals surface area contributed by atoms with E-state index in [4.69, 9.17) is 17.3 Å². The molecule has 5 heteroatoms. The maximum Gasteiger partial charge on any atom is 0.137 e. The second-order valence-electron chi connectivity index (χ2n) is 3.42. The minimum atomic E-state index is -1.09. The van der Waals surface area contributed by atoms with Crippen LogP contribution in [0.15, 0.2) is 12.1 Å². The summed E-state index contributed by atoms with van der Waals surface area (Å²) < 4.78 is 0. The Morgan fingerprint density at radius 3 is 2.47 bits per heavy atom. The molecule has 4 nitrogen and oxygen atoms in total. The summed E-state index contributed by atoms with van der Waals surface area (Å²) in [6.45, 7) is 1.62. The van der Waals surface area contributed by atoms with Gasteiger partial charge >= 0.3 is 0 Å². The molecule has 1 rings (SSSR count). The molecule has 0 saturated carbocycles. The van der Waals surface area contributed by atoms with Crippen LogP contribution in [-0.4, -0.2) is 28.0 Å². The number of aromatic hydroxyl groups is 1. The molecule has 0 fully saturated rings. The molecule has 84 valence electrons. The molecule has 0 radical (unpaired) electrons. The van der Waals surface area contributed by atoms with Gasteiger partial charge in [0, 0.05) is 6.54 Å². The van der Waals surface area contributed by atoms with E-state index in [-0.39, 0.29) is 17.3 Å². The average molecular weight is 232 g/mol. The van der Waals surface area contributed by atoms with Crippen LogP contribution in [0.1, 0.15) is 17.2 Å². The molecule has 5 N–H and O–H groups in total. The van der Waals surface area contributed by atoms with Crippen LogP contribution in [0.3, 0.4) is 0 Å². The van der Waals surface area contributed by atoms with E-state index >= 15 is 0 Å². The van der Waals surface area contributed by atoms with Crippen molar-refractivity contribution < 1.29 is 15.3 Å². The van der Waals surface area contributed by atoms with Crippen LogP contribution in [0.4, 0.5) is 0 Å². The van der Waals surface area contributed by atoms with Gasteiger partial charge in [-0.25, -0.2) is 0 Å². The van der Waals surface area contributed by atoms with Crippen molar-refractivity contribution in [3.63, 3.8) is 0 Å². The van der Waals surface area contributed by atoms with Crippen LogP contribution in [-0.2, 0) is 0 Å². The molecular formula is C10H14ClNO3. The maximum atomic E-state index is 9.66. The summed E-state index contributed by atoms with van der Waals surface area (Å²) in [6.07, 6.45) is -2.13. The zero-order valence-corrected chi connectivity index (χ0v) is 9.07. The number of phenols is 1. The number of nitrogens with two attached hydrogens (primary N) is 1. The lowest BCUT2D eigenvalue weighted by Crippen LogP contribution is -2.27. The minimum absolute atomic E-state index is 0.0187. The molecule has 0 aliphatic heterocycles. The molecule has 15 heavy (non-hydrogen) atoms. The molecule has 0 saturated heterocycles. The summed E-state index contributed by atoms with van der Waals surface area (Å²) in [5.41, 5.74) is 6.20. The summed E-state index contributed by atoms with van der Waals surface area (Å²) in [7, 11) is 0. The third kappa shape index (κ3) is 2.60. The third-order valence-corrected chi connectivity index (χ3v) is 2.51. The first-order valence-electron chi connectivity index (χ1n) is 4.52. The summed E-state index contributed by atoms with van der Waals surface area (Å²) in [5, 5.41) is 28.6. The zero-order chi connectivity index (χ0) is 11.6. The van der Waals surface area contributed by atoms with Crippen LogP contribution in [0, 0.1) is 6.92 Å². The number of aliphatic hydroxyl groups excluding tert-OH is 2. The smallest absolute Gasteiger partial charge is 0.137 e. The predicted molar refractivity (Wildman–Crippen MR) is 57.9 cm³/mol. The van der Waals surface area contributed by atoms with Crippen molar-refractivity contribution in [2.45, 2.75) is 19.1 Å². The average Bonchev–Trinajstić information content (AvgIpc) is 2.23. The van der Waals surface area contributed by atoms with Crippen molar-refractivity contribution in [1.29, 1.82) is 0 Å². The van der Waals surface area contributed by atoms with Crippen LogP contribution in [0.5, 0.6) is 5.75 Å². The van der Waals surface area contributed by atoms with Crippen LogP contribution in [0.25, 0.3) is 0 Å². The number of aryl methyl sites for hydroxylation is 1. The lowest BCUT2D eigenvalue weighted by atomic mass is 10.0. The SMILES string of the molecule is Cc1cc(C(O)C(O)CN)cc(Cl)c1O. The van der Waals surface area contributed by atoms with E-state index in [9.17, 15) is 15.3 Å². The van der Waals surface area contributed by atoms with Gasteiger partial charge in [-0.2, -0.15) is 0 Å². The normalized spacial score (nSPS) is 15.0. The lowest BCUT2D eigenvalue weighted by Gasteiger charge is -2.17. The number of phenolic OH excluding ortho intramolecular Hbond substituents is 1. The summed E-state index contributed by atoms with van der Waals surface area (Å²) in [5.74, 6) is -0.0187. The number of aliphatic hydroxyl groups is 2. The number of hydrogen-bond acceptors (Lipinski definition) is 4. The summed E-state index contributed by atoms with van der Waals surface area (Å²) in [6, 6.07) is 2.97. The van der Waals surface area contributed by atoms with Crippen molar-refractivity contribution in [3.05, 3.63) is 28.3 Å². The van der Waals surface area contributed by atoms with E-state index < -0.39 is 12.2 Å². The first kappa shape index (κ1) is 12.3. The first-order valence-corrected chi connectivity index (χ1v) is 4.90. The number of rotatable bonds is 3. The highest BCUT2D eigenvalue weighted by atomic mass is 35.5. The number of hydrogen-bond donors (Lipinski definition) is 4. The summed E-state index contributed by atoms with van der Waals surface area (Å²) in [4.78, 5) is 0. The standard InChI is InChI=1S/C10H14ClNO3/c1-5-2-6(3-7(11)9(5)14)10(15)8(13)4-12/h2-3,8,10,13-15H,4,12H2,1H3. The van der Waals surface area contributed by atoms with Crippen molar-refractivity contribution in [1.82, 2.24) is 0 Å². The van der Waals surface area contributed by atoms with E-state index in [1.54, 1.807) is 13.0 Å². The van der Waals surface area contributed by atoms with Gasteiger partial charge in [-0.15, -0.1) is 0 Å². The number of benzene rings is 1. The second-order valence-corrected chi connectivity index (χ2v) is 3.82. The monoisotopic (exact) mass is 231 g/mol. The third-order valence-electron chi connectivity index (χ3n) is 2.22. The molecule has 0 aliphatic carbocycles. The highest BCUT2D eigenvalue weighted by Gasteiger charge is 2.18. The van der Waals surface area contributed by atoms with E-state index in [0.29, 0.717) is 11.1 Å². The van der Waals surface area contributed by atoms with E-state index in [1.165, 1.54) is 6.07 Å². The molecule has 1 aromatic carbocycles. The Kier molecular flexibility index (Phi) is 3.93. The molecule has 0 amide bonds. The molecule has 1 aromatic rings. The summed E-state index contributed by atoms with van der Waals surface area (Å²) >= 11 is 5.74. The van der Waals surface area contributed by atoms with Crippen molar-refractivity contribution in [2.75, 3.05) is 6.54 Å². The van der Waals surface area contributed by atoms with E-state index in [0.717, 1.165) is 0 Å². The largest absolute Gasteiger partial charge is 0.506 e. The van der Waals surface area contributed by atoms with Gasteiger partial charge in [0.25, 0.3) is 0 Å². The maximum absolute atomic E-state index is 9.66. The lowest BCUT2D eigenvalue weighted by molar-refractivity contribution is 0.0243. The van der Waals surface area contributed by atoms with Crippen molar-refractivity contribution >= 4 is 11.6 Å². The van der Waals surface area contributed by atoms with Gasteiger partial charge in [0.2, 0.25) is 0 Å². The van der Waals surface area contributed by atoms with Gasteiger partial charge < -0.3 is 21.1 Å². The Bertz CT molecular complexity index is 334. The Balaban J connectivity index is 3.06. The minimum Gasteiger partial charge on any atom is -0.506 e. The van der Waals surface area contributed by atoms with Crippen LogP contribution in [0.2, 0.25) is 5.02 Å². The van der Waals surface area contributed by atoms with Gasteiger partial charge in [-0.05, 0) is 30.2 Å². The van der Waals surface area contributed by atoms with Gasteiger partial charge in [-0.3, -0.25) is 0 Å². The molecule has 2 unspecified atom stereocenters.